The summed E-state index contributed by atoms with van der Waals surface area (Å²) in [6, 6.07) is 11.2. The van der Waals surface area contributed by atoms with Crippen LogP contribution in [-0.2, 0) is 0 Å². The van der Waals surface area contributed by atoms with Crippen LogP contribution in [0.4, 0.5) is 5.82 Å². The number of rotatable bonds is 4. The van der Waals surface area contributed by atoms with E-state index in [-0.39, 0.29) is 18.6 Å². The van der Waals surface area contributed by atoms with Gasteiger partial charge in [-0.15, -0.1) is 0 Å². The average Bonchev–Trinajstić information content (AvgIpc) is 2.74. The molecule has 4 rings (SSSR count). The van der Waals surface area contributed by atoms with Crippen molar-refractivity contribution in [2.75, 3.05) is 25.5 Å². The van der Waals surface area contributed by atoms with Gasteiger partial charge in [0.25, 0.3) is 5.91 Å². The topological polar surface area (TPSA) is 87.6 Å². The molecule has 1 saturated heterocycles. The fraction of sp³-hybridized carbons (Fsp3) is 0.286. The van der Waals surface area contributed by atoms with Crippen LogP contribution >= 0.6 is 0 Å². The molecule has 1 amide bonds. The van der Waals surface area contributed by atoms with Crippen molar-refractivity contribution >= 4 is 22.5 Å². The normalized spacial score (nSPS) is 19.4. The lowest BCUT2D eigenvalue weighted by molar-refractivity contribution is -0.0198. The molecule has 2 N–H and O–H groups in total. The van der Waals surface area contributed by atoms with Crippen LogP contribution in [-0.4, -0.2) is 58.2 Å². The highest BCUT2D eigenvalue weighted by Gasteiger charge is 2.32. The number of carbonyl (C=O) groups excluding carboxylic acids is 1. The monoisotopic (exact) mass is 378 g/mol. The number of likely N-dealkylation sites (tertiary alicyclic amines) is 1. The molecule has 1 fully saturated rings. The number of benzene rings is 1. The largest absolute Gasteiger partial charge is 0.488 e. The molecule has 7 nitrogen and oxygen atoms in total. The number of aliphatic hydroxyl groups is 1. The molecule has 0 bridgehead atoms. The summed E-state index contributed by atoms with van der Waals surface area (Å²) in [6.45, 7) is 0.727. The molecule has 2 atom stereocenters. The minimum absolute atomic E-state index is 0.147. The number of hydrogen-bond acceptors (Lipinski definition) is 6. The quantitative estimate of drug-likeness (QED) is 0.725. The zero-order chi connectivity index (χ0) is 19.5. The Kier molecular flexibility index (Phi) is 5.08. The van der Waals surface area contributed by atoms with Crippen LogP contribution in [0.1, 0.15) is 16.8 Å². The van der Waals surface area contributed by atoms with E-state index in [1.165, 1.54) is 0 Å². The van der Waals surface area contributed by atoms with Gasteiger partial charge in [-0.1, -0.05) is 6.07 Å². The van der Waals surface area contributed by atoms with Gasteiger partial charge in [0.1, 0.15) is 23.8 Å². The molecule has 144 valence electrons. The first-order chi connectivity index (χ1) is 13.7. The van der Waals surface area contributed by atoms with E-state index in [0.29, 0.717) is 30.1 Å². The van der Waals surface area contributed by atoms with Crippen LogP contribution in [0.5, 0.6) is 5.75 Å². The fourth-order valence-electron chi connectivity index (χ4n) is 3.49. The van der Waals surface area contributed by atoms with E-state index in [9.17, 15) is 9.90 Å². The Labute approximate surface area is 163 Å². The molecule has 0 aliphatic carbocycles. The molecular weight excluding hydrogens is 356 g/mol. The molecule has 3 heterocycles. The zero-order valence-corrected chi connectivity index (χ0v) is 15.6. The van der Waals surface area contributed by atoms with E-state index in [1.807, 2.05) is 24.3 Å². The Balaban J connectivity index is 1.44. The maximum Gasteiger partial charge on any atom is 0.257 e. The van der Waals surface area contributed by atoms with E-state index in [0.717, 1.165) is 10.8 Å². The number of carbonyl (C=O) groups is 1. The van der Waals surface area contributed by atoms with Crippen LogP contribution in [0.25, 0.3) is 10.8 Å². The lowest BCUT2D eigenvalue weighted by atomic mass is 10.0. The van der Waals surface area contributed by atoms with E-state index in [1.54, 1.807) is 42.7 Å². The molecule has 0 spiro atoms. The number of aromatic nitrogens is 2. The fourth-order valence-corrected chi connectivity index (χ4v) is 3.49. The number of pyridine rings is 2. The summed E-state index contributed by atoms with van der Waals surface area (Å²) < 4.78 is 6.01. The van der Waals surface area contributed by atoms with Gasteiger partial charge in [0, 0.05) is 44.0 Å². The summed E-state index contributed by atoms with van der Waals surface area (Å²) >= 11 is 0. The Bertz CT molecular complexity index is 994. The summed E-state index contributed by atoms with van der Waals surface area (Å²) in [7, 11) is 1.73. The zero-order valence-electron chi connectivity index (χ0n) is 15.6. The van der Waals surface area contributed by atoms with Gasteiger partial charge in [0.05, 0.1) is 12.1 Å². The third-order valence-electron chi connectivity index (χ3n) is 4.98. The van der Waals surface area contributed by atoms with Crippen molar-refractivity contribution in [2.45, 2.75) is 18.6 Å². The molecule has 7 heteroatoms. The second kappa shape index (κ2) is 7.82. The molecule has 1 aliphatic rings. The van der Waals surface area contributed by atoms with Gasteiger partial charge in [0.2, 0.25) is 0 Å². The van der Waals surface area contributed by atoms with Gasteiger partial charge >= 0.3 is 0 Å². The summed E-state index contributed by atoms with van der Waals surface area (Å²) in [5.41, 5.74) is 0.499. The number of anilines is 1. The number of nitrogens with zero attached hydrogens (tertiary/aromatic N) is 3. The number of fused-ring (bicyclic) bond motifs is 1. The van der Waals surface area contributed by atoms with Gasteiger partial charge in [-0.25, -0.2) is 4.98 Å². The lowest BCUT2D eigenvalue weighted by Crippen LogP contribution is -2.51. The minimum atomic E-state index is -0.767. The predicted molar refractivity (Wildman–Crippen MR) is 106 cm³/mol. The molecule has 1 aromatic carbocycles. The highest BCUT2D eigenvalue weighted by molar-refractivity contribution is 5.98. The van der Waals surface area contributed by atoms with Gasteiger partial charge in [-0.2, -0.15) is 0 Å². The molecule has 0 saturated carbocycles. The molecule has 28 heavy (non-hydrogen) atoms. The molecule has 2 aromatic heterocycles. The summed E-state index contributed by atoms with van der Waals surface area (Å²) in [4.78, 5) is 22.8. The van der Waals surface area contributed by atoms with Gasteiger partial charge in [0.15, 0.2) is 0 Å². The van der Waals surface area contributed by atoms with E-state index >= 15 is 0 Å². The van der Waals surface area contributed by atoms with Crippen LogP contribution < -0.4 is 10.1 Å². The number of ether oxygens (including phenoxy) is 1. The number of amides is 1. The number of aliphatic hydroxyl groups excluding tert-OH is 1. The second-order valence-electron chi connectivity index (χ2n) is 6.80. The molecular formula is C21H22N4O3. The predicted octanol–water partition coefficient (Wildman–Crippen LogP) is 2.33. The Hall–Kier alpha value is -3.19. The lowest BCUT2D eigenvalue weighted by Gasteiger charge is -2.36. The van der Waals surface area contributed by atoms with E-state index < -0.39 is 6.10 Å². The smallest absolute Gasteiger partial charge is 0.257 e. The minimum Gasteiger partial charge on any atom is -0.488 e. The Morgan fingerprint density at radius 2 is 2.14 bits per heavy atom. The number of nitrogens with one attached hydrogen (secondary N) is 1. The summed E-state index contributed by atoms with van der Waals surface area (Å²) in [5, 5.41) is 15.6. The second-order valence-corrected chi connectivity index (χ2v) is 6.80. The summed E-state index contributed by atoms with van der Waals surface area (Å²) in [6.07, 6.45) is 4.59. The number of hydrogen-bond donors (Lipinski definition) is 2. The van der Waals surface area contributed by atoms with Gasteiger partial charge in [-0.3, -0.25) is 9.78 Å². The first-order valence-electron chi connectivity index (χ1n) is 9.26. The molecule has 0 radical (unpaired) electrons. The van der Waals surface area contributed by atoms with Crippen molar-refractivity contribution in [3.05, 3.63) is 60.6 Å². The number of β-amino-alcohol motifs (C(OH)–C–C–N with tert-alkyl or cyclic N) is 1. The van der Waals surface area contributed by atoms with Crippen LogP contribution in [0, 0.1) is 0 Å². The van der Waals surface area contributed by atoms with Crippen molar-refractivity contribution in [1.82, 2.24) is 14.9 Å². The van der Waals surface area contributed by atoms with E-state index in [4.69, 9.17) is 4.74 Å². The van der Waals surface area contributed by atoms with Crippen molar-refractivity contribution in [1.29, 1.82) is 0 Å². The Morgan fingerprint density at radius 1 is 1.25 bits per heavy atom. The summed E-state index contributed by atoms with van der Waals surface area (Å²) in [5.74, 6) is 1.07. The highest BCUT2D eigenvalue weighted by atomic mass is 16.5. The van der Waals surface area contributed by atoms with Crippen molar-refractivity contribution in [3.8, 4) is 5.75 Å². The van der Waals surface area contributed by atoms with Crippen LogP contribution in [0.3, 0.4) is 0 Å². The first kappa shape index (κ1) is 18.2. The third kappa shape index (κ3) is 3.61. The SMILES string of the molecule is CNc1ncccc1C(=O)N1CC[C@@H](Oc2ccc3ccncc3c2)[C@H](O)C1. The maximum absolute atomic E-state index is 12.8. The van der Waals surface area contributed by atoms with Crippen molar-refractivity contribution < 1.29 is 14.6 Å². The molecule has 3 aromatic rings. The van der Waals surface area contributed by atoms with Crippen LogP contribution in [0.15, 0.2) is 55.0 Å². The number of piperidine rings is 1. The molecule has 1 aliphatic heterocycles. The van der Waals surface area contributed by atoms with Crippen molar-refractivity contribution in [2.24, 2.45) is 0 Å². The standard InChI is InChI=1S/C21H22N4O3/c1-22-20-17(3-2-8-24-20)21(27)25-10-7-19(18(26)13-25)28-16-5-4-14-6-9-23-12-15(14)11-16/h2-6,8-9,11-12,18-19,26H,7,10,13H2,1H3,(H,22,24)/t18-,19-/m1/s1. The Morgan fingerprint density at radius 3 is 2.96 bits per heavy atom. The first-order valence-corrected chi connectivity index (χ1v) is 9.26. The maximum atomic E-state index is 12.8. The van der Waals surface area contributed by atoms with Crippen molar-refractivity contribution in [3.63, 3.8) is 0 Å². The average molecular weight is 378 g/mol. The van der Waals surface area contributed by atoms with Gasteiger partial charge < -0.3 is 20.1 Å². The highest BCUT2D eigenvalue weighted by Crippen LogP contribution is 2.25. The third-order valence-corrected chi connectivity index (χ3v) is 4.98. The van der Waals surface area contributed by atoms with Crippen LogP contribution in [0.2, 0.25) is 0 Å². The van der Waals surface area contributed by atoms with Gasteiger partial charge in [-0.05, 0) is 35.7 Å². The molecule has 0 unspecified atom stereocenters. The van der Waals surface area contributed by atoms with E-state index in [2.05, 4.69) is 15.3 Å².